The van der Waals surface area contributed by atoms with Gasteiger partial charge in [0, 0.05) is 49.9 Å². The summed E-state index contributed by atoms with van der Waals surface area (Å²) in [7, 11) is 0. The summed E-state index contributed by atoms with van der Waals surface area (Å²) in [5.74, 6) is -0.330. The Labute approximate surface area is 178 Å². The molecule has 4 heterocycles. The van der Waals surface area contributed by atoms with E-state index in [-0.39, 0.29) is 17.6 Å². The van der Waals surface area contributed by atoms with Crippen LogP contribution in [0.15, 0.2) is 18.2 Å². The summed E-state index contributed by atoms with van der Waals surface area (Å²) in [6.45, 7) is 7.19. The summed E-state index contributed by atoms with van der Waals surface area (Å²) >= 11 is 0. The van der Waals surface area contributed by atoms with E-state index in [0.717, 1.165) is 44.6 Å². The van der Waals surface area contributed by atoms with Gasteiger partial charge in [-0.15, -0.1) is 0 Å². The van der Waals surface area contributed by atoms with Gasteiger partial charge in [-0.25, -0.2) is 4.39 Å². The van der Waals surface area contributed by atoms with Crippen LogP contribution in [0.5, 0.6) is 0 Å². The van der Waals surface area contributed by atoms with Crippen molar-refractivity contribution in [2.75, 3.05) is 44.3 Å². The Hall–Kier alpha value is -1.66. The van der Waals surface area contributed by atoms with Gasteiger partial charge in [0.2, 0.25) is 5.91 Å². The minimum absolute atomic E-state index is 0.0765. The van der Waals surface area contributed by atoms with Crippen molar-refractivity contribution in [1.82, 2.24) is 10.2 Å². The minimum Gasteiger partial charge on any atom is -0.381 e. The maximum atomic E-state index is 15.4. The van der Waals surface area contributed by atoms with Crippen LogP contribution in [0.3, 0.4) is 0 Å². The molecule has 1 aromatic carbocycles. The van der Waals surface area contributed by atoms with Gasteiger partial charge in [-0.05, 0) is 69.7 Å². The molecule has 1 spiro atoms. The highest BCUT2D eigenvalue weighted by molar-refractivity contribution is 5.84. The lowest BCUT2D eigenvalue weighted by Crippen LogP contribution is -2.52. The summed E-state index contributed by atoms with van der Waals surface area (Å²) < 4.78 is 21.1. The van der Waals surface area contributed by atoms with Crippen molar-refractivity contribution in [2.24, 2.45) is 5.41 Å². The van der Waals surface area contributed by atoms with Crippen LogP contribution in [0.4, 0.5) is 10.1 Å². The molecule has 4 aliphatic rings. The molecule has 30 heavy (non-hydrogen) atoms. The second kappa shape index (κ2) is 8.12. The van der Waals surface area contributed by atoms with Gasteiger partial charge in [-0.1, -0.05) is 6.07 Å². The van der Waals surface area contributed by atoms with Crippen LogP contribution in [0.25, 0.3) is 0 Å². The van der Waals surface area contributed by atoms with Crippen LogP contribution in [0.1, 0.15) is 56.9 Å². The third kappa shape index (κ3) is 3.42. The number of halogens is 1. The summed E-state index contributed by atoms with van der Waals surface area (Å²) in [5, 5.41) is 3.02. The van der Waals surface area contributed by atoms with Crippen LogP contribution < -0.4 is 10.2 Å². The summed E-state index contributed by atoms with van der Waals surface area (Å²) in [5.41, 5.74) is 1.08. The molecule has 164 valence electrons. The molecule has 4 aliphatic heterocycles. The van der Waals surface area contributed by atoms with E-state index in [1.165, 1.54) is 19.4 Å². The topological polar surface area (TPSA) is 44.8 Å². The first kappa shape index (κ1) is 20.3. The first-order valence-corrected chi connectivity index (χ1v) is 11.7. The Balaban J connectivity index is 1.35. The molecule has 1 aromatic rings. The van der Waals surface area contributed by atoms with Gasteiger partial charge in [-0.3, -0.25) is 9.69 Å². The first-order chi connectivity index (χ1) is 14.6. The Morgan fingerprint density at radius 2 is 2.10 bits per heavy atom. The first-order valence-electron chi connectivity index (χ1n) is 11.7. The second-order valence-corrected chi connectivity index (χ2v) is 9.72. The normalized spacial score (nSPS) is 35.2. The molecule has 0 radical (unpaired) electrons. The van der Waals surface area contributed by atoms with Crippen LogP contribution in [-0.4, -0.2) is 62.3 Å². The number of rotatable bonds is 3. The molecule has 6 heteroatoms. The van der Waals surface area contributed by atoms with Crippen molar-refractivity contribution in [3.05, 3.63) is 29.6 Å². The lowest BCUT2D eigenvalue weighted by molar-refractivity contribution is -0.142. The highest BCUT2D eigenvalue weighted by Gasteiger charge is 2.50. The van der Waals surface area contributed by atoms with E-state index in [1.54, 1.807) is 6.07 Å². The van der Waals surface area contributed by atoms with Gasteiger partial charge in [0.1, 0.15) is 5.82 Å². The van der Waals surface area contributed by atoms with Gasteiger partial charge < -0.3 is 15.0 Å². The smallest absolute Gasteiger partial charge is 0.227 e. The van der Waals surface area contributed by atoms with Gasteiger partial charge in [-0.2, -0.15) is 0 Å². The Bertz CT molecular complexity index is 797. The molecule has 4 fully saturated rings. The van der Waals surface area contributed by atoms with E-state index in [1.807, 2.05) is 6.07 Å². The average Bonchev–Trinajstić information content (AvgIpc) is 3.40. The number of carbonyl (C=O) groups excluding carboxylic acids is 1. The molecule has 4 atom stereocenters. The number of ether oxygens (including phenoxy) is 1. The molecule has 4 saturated heterocycles. The molecule has 0 bridgehead atoms. The van der Waals surface area contributed by atoms with Gasteiger partial charge in [0.15, 0.2) is 0 Å². The van der Waals surface area contributed by atoms with Crippen molar-refractivity contribution in [1.29, 1.82) is 0 Å². The van der Waals surface area contributed by atoms with Crippen molar-refractivity contribution >= 4 is 11.6 Å². The Morgan fingerprint density at radius 1 is 1.20 bits per heavy atom. The number of anilines is 1. The Kier molecular flexibility index (Phi) is 5.48. The predicted molar refractivity (Wildman–Crippen MR) is 115 cm³/mol. The third-order valence-corrected chi connectivity index (χ3v) is 8.14. The number of piperidine rings is 1. The fourth-order valence-corrected chi connectivity index (χ4v) is 6.38. The van der Waals surface area contributed by atoms with E-state index in [0.29, 0.717) is 37.3 Å². The van der Waals surface area contributed by atoms with Crippen molar-refractivity contribution in [3.8, 4) is 0 Å². The molecule has 1 amide bonds. The molecule has 0 saturated carbocycles. The maximum absolute atomic E-state index is 15.4. The molecule has 5 nitrogen and oxygen atoms in total. The highest BCUT2D eigenvalue weighted by Crippen LogP contribution is 2.48. The van der Waals surface area contributed by atoms with Crippen LogP contribution in [0, 0.1) is 11.2 Å². The van der Waals surface area contributed by atoms with Gasteiger partial charge >= 0.3 is 0 Å². The third-order valence-electron chi connectivity index (χ3n) is 8.14. The largest absolute Gasteiger partial charge is 0.381 e. The number of likely N-dealkylation sites (tertiary alicyclic amines) is 1. The monoisotopic (exact) mass is 415 g/mol. The number of hydrogen-bond donors (Lipinski definition) is 1. The molecule has 1 N–H and O–H groups in total. The molecule has 0 aliphatic carbocycles. The standard InChI is InChI=1S/C24H34FN3O2/c1-17-4-2-11-28(17)19-7-12-27(15-19)18-5-6-20(22(25)14-18)21-16-30-13-9-24(21)8-3-10-26-23(24)29/h5-6,14,17,19,21H,2-4,7-13,15-16H2,1H3,(H,26,29)/t17-,19-,21?,24?/m0/s1. The number of benzene rings is 1. The molecular formula is C24H34FN3O2. The van der Waals surface area contributed by atoms with E-state index in [9.17, 15) is 4.79 Å². The summed E-state index contributed by atoms with van der Waals surface area (Å²) in [4.78, 5) is 17.8. The van der Waals surface area contributed by atoms with Crippen molar-refractivity contribution in [2.45, 2.75) is 63.5 Å². The van der Waals surface area contributed by atoms with Gasteiger partial charge in [0.25, 0.3) is 0 Å². The van der Waals surface area contributed by atoms with Crippen LogP contribution >= 0.6 is 0 Å². The Morgan fingerprint density at radius 3 is 2.87 bits per heavy atom. The van der Waals surface area contributed by atoms with E-state index in [4.69, 9.17) is 4.74 Å². The van der Waals surface area contributed by atoms with Gasteiger partial charge in [0.05, 0.1) is 12.0 Å². The number of hydrogen-bond acceptors (Lipinski definition) is 4. The number of carbonyl (C=O) groups is 1. The fourth-order valence-electron chi connectivity index (χ4n) is 6.38. The van der Waals surface area contributed by atoms with Crippen molar-refractivity contribution in [3.63, 3.8) is 0 Å². The zero-order chi connectivity index (χ0) is 20.7. The number of amides is 1. The van der Waals surface area contributed by atoms with E-state index in [2.05, 4.69) is 28.1 Å². The molecular weight excluding hydrogens is 381 g/mol. The van der Waals surface area contributed by atoms with E-state index >= 15 is 4.39 Å². The fraction of sp³-hybridized carbons (Fsp3) is 0.708. The number of nitrogens with one attached hydrogen (secondary N) is 1. The zero-order valence-electron chi connectivity index (χ0n) is 18.0. The maximum Gasteiger partial charge on any atom is 0.227 e. The van der Waals surface area contributed by atoms with Crippen LogP contribution in [0.2, 0.25) is 0 Å². The minimum atomic E-state index is -0.524. The summed E-state index contributed by atoms with van der Waals surface area (Å²) in [6, 6.07) is 6.90. The SMILES string of the molecule is C[C@H]1CCCN1[C@H]1CCN(c2ccc(C3COCCC34CCCNC4=O)c(F)c2)C1. The molecule has 2 unspecified atom stereocenters. The molecule has 0 aromatic heterocycles. The average molecular weight is 416 g/mol. The van der Waals surface area contributed by atoms with E-state index < -0.39 is 5.41 Å². The lowest BCUT2D eigenvalue weighted by atomic mass is 9.64. The lowest BCUT2D eigenvalue weighted by Gasteiger charge is -2.45. The zero-order valence-corrected chi connectivity index (χ0v) is 18.0. The predicted octanol–water partition coefficient (Wildman–Crippen LogP) is 3.29. The summed E-state index contributed by atoms with van der Waals surface area (Å²) in [6.07, 6.45) is 6.17. The molecule has 5 rings (SSSR count). The van der Waals surface area contributed by atoms with Crippen LogP contribution in [-0.2, 0) is 9.53 Å². The van der Waals surface area contributed by atoms with Crippen molar-refractivity contribution < 1.29 is 13.9 Å². The number of nitrogens with zero attached hydrogens (tertiary/aromatic N) is 2. The second-order valence-electron chi connectivity index (χ2n) is 9.72. The quantitative estimate of drug-likeness (QED) is 0.823. The highest BCUT2D eigenvalue weighted by atomic mass is 19.1.